The molecule has 134 valence electrons. The average Bonchev–Trinajstić information content (AvgIpc) is 3.24. The van der Waals surface area contributed by atoms with Gasteiger partial charge in [0.15, 0.2) is 0 Å². The molecule has 26 heavy (non-hydrogen) atoms. The van der Waals surface area contributed by atoms with Crippen molar-refractivity contribution in [3.63, 3.8) is 0 Å². The first-order valence-corrected chi connectivity index (χ1v) is 8.06. The first-order chi connectivity index (χ1) is 12.4. The lowest BCUT2D eigenvalue weighted by Gasteiger charge is -2.13. The van der Waals surface area contributed by atoms with Gasteiger partial charge < -0.3 is 5.32 Å². The Bertz CT molecular complexity index is 951. The highest BCUT2D eigenvalue weighted by molar-refractivity contribution is 6.30. The molecule has 10 heteroatoms. The van der Waals surface area contributed by atoms with Crippen molar-refractivity contribution in [1.82, 2.24) is 19.6 Å². The highest BCUT2D eigenvalue weighted by Crippen LogP contribution is 2.17. The summed E-state index contributed by atoms with van der Waals surface area (Å²) in [6.07, 6.45) is 5.60. The normalized spacial score (nSPS) is 11.9. The molecule has 1 aromatic carbocycles. The molecule has 0 radical (unpaired) electrons. The van der Waals surface area contributed by atoms with E-state index < -0.39 is 11.0 Å². The molecular formula is C16H15ClN6O3. The van der Waals surface area contributed by atoms with Crippen molar-refractivity contribution >= 4 is 28.9 Å². The number of aromatic nitrogens is 4. The maximum atomic E-state index is 12.4. The molecule has 2 heterocycles. The van der Waals surface area contributed by atoms with Gasteiger partial charge in [-0.15, -0.1) is 0 Å². The molecule has 1 N–H and O–H groups in total. The van der Waals surface area contributed by atoms with Crippen LogP contribution in [0.1, 0.15) is 18.5 Å². The number of amides is 1. The summed E-state index contributed by atoms with van der Waals surface area (Å²) >= 11 is 5.85. The topological polar surface area (TPSA) is 108 Å². The summed E-state index contributed by atoms with van der Waals surface area (Å²) in [6.45, 7) is 2.12. The van der Waals surface area contributed by atoms with Crippen LogP contribution in [-0.4, -0.2) is 30.4 Å². The third-order valence-corrected chi connectivity index (χ3v) is 3.91. The number of benzene rings is 1. The summed E-state index contributed by atoms with van der Waals surface area (Å²) < 4.78 is 2.94. The maximum absolute atomic E-state index is 12.4. The predicted molar refractivity (Wildman–Crippen MR) is 95.0 cm³/mol. The van der Waals surface area contributed by atoms with Crippen molar-refractivity contribution in [3.8, 4) is 0 Å². The van der Waals surface area contributed by atoms with Crippen LogP contribution in [0.25, 0.3) is 0 Å². The van der Waals surface area contributed by atoms with E-state index in [1.54, 1.807) is 30.1 Å². The molecule has 0 aliphatic heterocycles. The highest BCUT2D eigenvalue weighted by atomic mass is 35.5. The minimum absolute atomic E-state index is 0.162. The molecule has 0 aliphatic carbocycles. The quantitative estimate of drug-likeness (QED) is 0.527. The van der Waals surface area contributed by atoms with Gasteiger partial charge in [0, 0.05) is 11.9 Å². The molecule has 1 atom stereocenters. The molecule has 0 bridgehead atoms. The largest absolute Gasteiger partial charge is 0.324 e. The van der Waals surface area contributed by atoms with E-state index in [0.717, 1.165) is 11.8 Å². The van der Waals surface area contributed by atoms with Crippen LogP contribution in [0.2, 0.25) is 5.02 Å². The molecule has 1 unspecified atom stereocenters. The SMILES string of the molecule is CC(C(=O)Nc1cccc(Cn2cc(Cl)cn2)c1)n1cc([N+](=O)[O-])cn1. The fourth-order valence-electron chi connectivity index (χ4n) is 2.36. The Balaban J connectivity index is 1.68. The minimum Gasteiger partial charge on any atom is -0.324 e. The van der Waals surface area contributed by atoms with Crippen LogP contribution in [0.3, 0.4) is 0 Å². The van der Waals surface area contributed by atoms with Crippen molar-refractivity contribution in [2.24, 2.45) is 0 Å². The van der Waals surface area contributed by atoms with E-state index in [-0.39, 0.29) is 11.6 Å². The van der Waals surface area contributed by atoms with Gasteiger partial charge in [0.1, 0.15) is 18.4 Å². The van der Waals surface area contributed by atoms with Gasteiger partial charge in [0.2, 0.25) is 5.91 Å². The molecule has 0 fully saturated rings. The fraction of sp³-hybridized carbons (Fsp3) is 0.188. The van der Waals surface area contributed by atoms with Crippen molar-refractivity contribution in [2.75, 3.05) is 5.32 Å². The molecule has 2 aromatic heterocycles. The zero-order valence-corrected chi connectivity index (χ0v) is 14.5. The Hall–Kier alpha value is -3.20. The lowest BCUT2D eigenvalue weighted by atomic mass is 10.2. The fourth-order valence-corrected chi connectivity index (χ4v) is 2.52. The van der Waals surface area contributed by atoms with Gasteiger partial charge in [-0.3, -0.25) is 24.3 Å². The van der Waals surface area contributed by atoms with E-state index in [0.29, 0.717) is 17.3 Å². The van der Waals surface area contributed by atoms with Crippen LogP contribution in [0.15, 0.2) is 49.1 Å². The van der Waals surface area contributed by atoms with E-state index in [9.17, 15) is 14.9 Å². The van der Waals surface area contributed by atoms with Gasteiger partial charge in [-0.1, -0.05) is 23.7 Å². The Morgan fingerprint density at radius 2 is 2.15 bits per heavy atom. The van der Waals surface area contributed by atoms with Gasteiger partial charge in [0.05, 0.1) is 22.7 Å². The second kappa shape index (κ2) is 7.36. The monoisotopic (exact) mass is 374 g/mol. The summed E-state index contributed by atoms with van der Waals surface area (Å²) in [7, 11) is 0. The van der Waals surface area contributed by atoms with Crippen LogP contribution in [0, 0.1) is 10.1 Å². The molecular weight excluding hydrogens is 360 g/mol. The summed E-state index contributed by atoms with van der Waals surface area (Å²) in [5, 5.41) is 22.0. The summed E-state index contributed by atoms with van der Waals surface area (Å²) in [5.41, 5.74) is 1.38. The Morgan fingerprint density at radius 3 is 2.81 bits per heavy atom. The number of hydrogen-bond acceptors (Lipinski definition) is 5. The molecule has 0 saturated heterocycles. The molecule has 3 aromatic rings. The van der Waals surface area contributed by atoms with Crippen molar-refractivity contribution in [3.05, 3.63) is 69.8 Å². The first-order valence-electron chi connectivity index (χ1n) is 7.68. The van der Waals surface area contributed by atoms with E-state index in [1.165, 1.54) is 10.9 Å². The Labute approximate surface area is 153 Å². The number of nitrogens with one attached hydrogen (secondary N) is 1. The lowest BCUT2D eigenvalue weighted by Crippen LogP contribution is -2.24. The summed E-state index contributed by atoms with van der Waals surface area (Å²) in [4.78, 5) is 22.6. The van der Waals surface area contributed by atoms with E-state index >= 15 is 0 Å². The zero-order valence-electron chi connectivity index (χ0n) is 13.7. The van der Waals surface area contributed by atoms with Crippen LogP contribution in [0.4, 0.5) is 11.4 Å². The number of anilines is 1. The van der Waals surface area contributed by atoms with Crippen LogP contribution < -0.4 is 5.32 Å². The maximum Gasteiger partial charge on any atom is 0.307 e. The number of nitro groups is 1. The van der Waals surface area contributed by atoms with E-state index in [1.807, 2.05) is 18.2 Å². The number of carbonyl (C=O) groups excluding carboxylic acids is 1. The lowest BCUT2D eigenvalue weighted by molar-refractivity contribution is -0.385. The molecule has 0 saturated carbocycles. The second-order valence-electron chi connectivity index (χ2n) is 5.66. The number of nitrogens with zero attached hydrogens (tertiary/aromatic N) is 5. The van der Waals surface area contributed by atoms with Crippen molar-refractivity contribution in [1.29, 1.82) is 0 Å². The summed E-state index contributed by atoms with van der Waals surface area (Å²) in [6, 6.07) is 6.62. The van der Waals surface area contributed by atoms with E-state index in [2.05, 4.69) is 15.5 Å². The predicted octanol–water partition coefficient (Wildman–Crippen LogP) is 2.89. The van der Waals surface area contributed by atoms with Gasteiger partial charge in [-0.2, -0.15) is 10.2 Å². The van der Waals surface area contributed by atoms with Gasteiger partial charge >= 0.3 is 5.69 Å². The van der Waals surface area contributed by atoms with Gasteiger partial charge in [-0.05, 0) is 24.6 Å². The second-order valence-corrected chi connectivity index (χ2v) is 6.09. The highest BCUT2D eigenvalue weighted by Gasteiger charge is 2.19. The standard InChI is InChI=1S/C16H15ClN6O3/c1-11(22-10-15(7-19-22)23(25)26)16(24)20-14-4-2-3-12(5-14)8-21-9-13(17)6-18-21/h2-7,9-11H,8H2,1H3,(H,20,24). The number of hydrogen-bond donors (Lipinski definition) is 1. The molecule has 9 nitrogen and oxygen atoms in total. The first kappa shape index (κ1) is 17.6. The van der Waals surface area contributed by atoms with Crippen molar-refractivity contribution in [2.45, 2.75) is 19.5 Å². The number of rotatable bonds is 6. The molecule has 1 amide bonds. The van der Waals surface area contributed by atoms with Crippen LogP contribution in [-0.2, 0) is 11.3 Å². The number of halogens is 1. The molecule has 0 spiro atoms. The van der Waals surface area contributed by atoms with Gasteiger partial charge in [0.25, 0.3) is 0 Å². The molecule has 0 aliphatic rings. The van der Waals surface area contributed by atoms with Crippen molar-refractivity contribution < 1.29 is 9.72 Å². The zero-order chi connectivity index (χ0) is 18.7. The molecule has 3 rings (SSSR count). The summed E-state index contributed by atoms with van der Waals surface area (Å²) in [5.74, 6) is -0.331. The Kier molecular flexibility index (Phi) is 4.99. The third kappa shape index (κ3) is 4.06. The smallest absolute Gasteiger partial charge is 0.307 e. The minimum atomic E-state index is -0.697. The third-order valence-electron chi connectivity index (χ3n) is 3.72. The average molecular weight is 375 g/mol. The Morgan fingerprint density at radius 1 is 1.35 bits per heavy atom. The van der Waals surface area contributed by atoms with Gasteiger partial charge in [-0.25, -0.2) is 0 Å². The van der Waals surface area contributed by atoms with Crippen LogP contribution >= 0.6 is 11.6 Å². The van der Waals surface area contributed by atoms with Crippen LogP contribution in [0.5, 0.6) is 0 Å². The number of carbonyl (C=O) groups is 1. The van der Waals surface area contributed by atoms with E-state index in [4.69, 9.17) is 11.6 Å².